The van der Waals surface area contributed by atoms with Gasteiger partial charge in [-0.05, 0) is 42.0 Å². The standard InChI is InChI=1S/C25H18N2O2S/c1-28-15-8-10-19-17(12-15)21-23(26-19)22-18-13-16(29-2)9-11-20(18)27-25(22)30-24(21)14-6-4-3-5-7-14/h3-13,26H,1-2H3. The summed E-state index contributed by atoms with van der Waals surface area (Å²) in [4.78, 5) is 9.82. The van der Waals surface area contributed by atoms with Crippen LogP contribution in [0.3, 0.4) is 0 Å². The van der Waals surface area contributed by atoms with Gasteiger partial charge in [-0.25, -0.2) is 4.98 Å². The van der Waals surface area contributed by atoms with Crippen LogP contribution in [0.25, 0.3) is 53.7 Å². The fraction of sp³-hybridized carbons (Fsp3) is 0.0800. The van der Waals surface area contributed by atoms with Crippen LogP contribution in [-0.4, -0.2) is 24.2 Å². The molecule has 4 aromatic rings. The van der Waals surface area contributed by atoms with Crippen LogP contribution in [0.15, 0.2) is 66.7 Å². The summed E-state index contributed by atoms with van der Waals surface area (Å²) in [5.41, 5.74) is 5.48. The van der Waals surface area contributed by atoms with Gasteiger partial charge in [0.05, 0.1) is 25.3 Å². The minimum absolute atomic E-state index is 0.833. The normalized spacial score (nSPS) is 11.7. The summed E-state index contributed by atoms with van der Waals surface area (Å²) in [6.45, 7) is 0. The van der Waals surface area contributed by atoms with Crippen LogP contribution < -0.4 is 9.47 Å². The Morgan fingerprint density at radius 2 is 1.57 bits per heavy atom. The topological polar surface area (TPSA) is 47.1 Å². The first kappa shape index (κ1) is 17.3. The molecule has 30 heavy (non-hydrogen) atoms. The molecule has 0 radical (unpaired) electrons. The number of ether oxygens (including phenoxy) is 2. The van der Waals surface area contributed by atoms with E-state index in [0.717, 1.165) is 49.4 Å². The summed E-state index contributed by atoms with van der Waals surface area (Å²) in [6, 6.07) is 22.8. The third kappa shape index (κ3) is 2.42. The van der Waals surface area contributed by atoms with Gasteiger partial charge >= 0.3 is 0 Å². The molecular weight excluding hydrogens is 392 g/mol. The minimum atomic E-state index is 0.833. The largest absolute Gasteiger partial charge is 0.497 e. The van der Waals surface area contributed by atoms with Crippen molar-refractivity contribution in [3.8, 4) is 32.5 Å². The smallest absolute Gasteiger partial charge is 0.127 e. The second-order valence-corrected chi connectivity index (χ2v) is 8.26. The van der Waals surface area contributed by atoms with Gasteiger partial charge in [0, 0.05) is 32.1 Å². The number of hydrogen-bond donors (Lipinski definition) is 1. The molecule has 3 heterocycles. The van der Waals surface area contributed by atoms with Crippen molar-refractivity contribution in [2.45, 2.75) is 0 Å². The molecule has 4 nitrogen and oxygen atoms in total. The van der Waals surface area contributed by atoms with Crippen molar-refractivity contribution < 1.29 is 9.47 Å². The lowest BCUT2D eigenvalue weighted by Gasteiger charge is -2.08. The number of aromatic nitrogens is 2. The maximum absolute atomic E-state index is 5.52. The summed E-state index contributed by atoms with van der Waals surface area (Å²) >= 11 is 1.73. The average molecular weight is 410 g/mol. The molecule has 2 aliphatic heterocycles. The quantitative estimate of drug-likeness (QED) is 0.352. The molecule has 2 aliphatic rings. The molecule has 0 atom stereocenters. The monoisotopic (exact) mass is 410 g/mol. The predicted octanol–water partition coefficient (Wildman–Crippen LogP) is 6.72. The fourth-order valence-corrected chi connectivity index (χ4v) is 5.42. The van der Waals surface area contributed by atoms with E-state index in [1.54, 1.807) is 25.6 Å². The second-order valence-electron chi connectivity index (χ2n) is 7.26. The van der Waals surface area contributed by atoms with E-state index < -0.39 is 0 Å². The van der Waals surface area contributed by atoms with Crippen molar-refractivity contribution in [3.63, 3.8) is 0 Å². The van der Waals surface area contributed by atoms with Gasteiger partial charge in [-0.2, -0.15) is 0 Å². The van der Waals surface area contributed by atoms with E-state index >= 15 is 0 Å². The Bertz CT molecular complexity index is 1510. The van der Waals surface area contributed by atoms with Gasteiger partial charge in [0.2, 0.25) is 0 Å². The van der Waals surface area contributed by atoms with Crippen molar-refractivity contribution in [1.82, 2.24) is 9.97 Å². The Kier molecular flexibility index (Phi) is 3.73. The van der Waals surface area contributed by atoms with E-state index in [-0.39, 0.29) is 0 Å². The molecular formula is C25H18N2O2S. The van der Waals surface area contributed by atoms with Crippen LogP contribution in [0.2, 0.25) is 0 Å². The van der Waals surface area contributed by atoms with E-state index in [2.05, 4.69) is 47.4 Å². The molecule has 0 bridgehead atoms. The Labute approximate surface area is 177 Å². The van der Waals surface area contributed by atoms with Gasteiger partial charge in [0.1, 0.15) is 16.5 Å². The second kappa shape index (κ2) is 6.47. The lowest BCUT2D eigenvalue weighted by atomic mass is 10.0. The summed E-state index contributed by atoms with van der Waals surface area (Å²) in [6.07, 6.45) is 0. The Morgan fingerprint density at radius 3 is 2.33 bits per heavy atom. The average Bonchev–Trinajstić information content (AvgIpc) is 3.36. The first-order valence-electron chi connectivity index (χ1n) is 9.72. The first-order valence-corrected chi connectivity index (χ1v) is 10.5. The number of rotatable bonds is 3. The summed E-state index contributed by atoms with van der Waals surface area (Å²) < 4.78 is 11.0. The molecule has 0 aliphatic carbocycles. The molecule has 5 heteroatoms. The lowest BCUT2D eigenvalue weighted by molar-refractivity contribution is 0.415. The van der Waals surface area contributed by atoms with Gasteiger partial charge in [0.15, 0.2) is 0 Å². The van der Waals surface area contributed by atoms with Crippen molar-refractivity contribution in [1.29, 1.82) is 0 Å². The molecule has 1 N–H and O–H groups in total. The maximum Gasteiger partial charge on any atom is 0.127 e. The van der Waals surface area contributed by atoms with E-state index in [4.69, 9.17) is 14.5 Å². The molecule has 0 saturated carbocycles. The number of fused-ring (bicyclic) bond motifs is 7. The number of benzene rings is 3. The maximum atomic E-state index is 5.52. The molecule has 0 amide bonds. The Morgan fingerprint density at radius 1 is 0.833 bits per heavy atom. The van der Waals surface area contributed by atoms with E-state index in [1.807, 2.05) is 24.3 Å². The molecule has 6 rings (SSSR count). The third-order valence-corrected chi connectivity index (χ3v) is 6.76. The zero-order valence-corrected chi connectivity index (χ0v) is 17.3. The Hall–Kier alpha value is -3.57. The van der Waals surface area contributed by atoms with Gasteiger partial charge in [-0.3, -0.25) is 0 Å². The van der Waals surface area contributed by atoms with Gasteiger partial charge in [-0.15, -0.1) is 11.3 Å². The van der Waals surface area contributed by atoms with Crippen LogP contribution in [0.5, 0.6) is 11.5 Å². The van der Waals surface area contributed by atoms with Crippen LogP contribution in [0.4, 0.5) is 0 Å². The van der Waals surface area contributed by atoms with Crippen molar-refractivity contribution in [3.05, 3.63) is 66.7 Å². The molecule has 1 aromatic heterocycles. The van der Waals surface area contributed by atoms with E-state index in [0.29, 0.717) is 0 Å². The summed E-state index contributed by atoms with van der Waals surface area (Å²) in [7, 11) is 3.40. The molecule has 146 valence electrons. The number of hydrogen-bond acceptors (Lipinski definition) is 4. The summed E-state index contributed by atoms with van der Waals surface area (Å²) in [5, 5.41) is 4.47. The molecule has 0 saturated heterocycles. The van der Waals surface area contributed by atoms with Crippen molar-refractivity contribution in [2.24, 2.45) is 0 Å². The van der Waals surface area contributed by atoms with Crippen LogP contribution in [0, 0.1) is 0 Å². The fourth-order valence-electron chi connectivity index (χ4n) is 4.20. The van der Waals surface area contributed by atoms with Crippen molar-refractivity contribution >= 4 is 44.0 Å². The zero-order valence-electron chi connectivity index (χ0n) is 16.5. The lowest BCUT2D eigenvalue weighted by Crippen LogP contribution is -1.84. The van der Waals surface area contributed by atoms with E-state index in [9.17, 15) is 0 Å². The minimum Gasteiger partial charge on any atom is -0.497 e. The SMILES string of the molecule is COc1ccc2nc3sc(-c4ccccc4)c4c([nH]c5ccc(OC)cc54)c-3c2c1. The number of nitrogens with one attached hydrogen (secondary N) is 1. The number of nitrogens with zero attached hydrogens (tertiary/aromatic N) is 1. The van der Waals surface area contributed by atoms with Crippen LogP contribution >= 0.6 is 11.3 Å². The predicted molar refractivity (Wildman–Crippen MR) is 124 cm³/mol. The zero-order chi connectivity index (χ0) is 20.2. The molecule has 0 fully saturated rings. The highest BCUT2D eigenvalue weighted by molar-refractivity contribution is 7.19. The van der Waals surface area contributed by atoms with Gasteiger partial charge in [0.25, 0.3) is 0 Å². The highest BCUT2D eigenvalue weighted by atomic mass is 32.1. The van der Waals surface area contributed by atoms with Crippen molar-refractivity contribution in [2.75, 3.05) is 14.2 Å². The van der Waals surface area contributed by atoms with Gasteiger partial charge in [-0.1, -0.05) is 30.3 Å². The first-order chi connectivity index (χ1) is 14.8. The highest BCUT2D eigenvalue weighted by Crippen LogP contribution is 2.48. The highest BCUT2D eigenvalue weighted by Gasteiger charge is 2.23. The van der Waals surface area contributed by atoms with E-state index in [1.165, 1.54) is 15.8 Å². The van der Waals surface area contributed by atoms with Gasteiger partial charge < -0.3 is 14.5 Å². The number of methoxy groups -OCH3 is 2. The number of aromatic amines is 1. The number of H-pyrrole nitrogens is 1. The third-order valence-electron chi connectivity index (χ3n) is 5.63. The Balaban J connectivity index is 1.84. The van der Waals surface area contributed by atoms with Crippen LogP contribution in [0.1, 0.15) is 0 Å². The molecule has 0 spiro atoms. The molecule has 0 unspecified atom stereocenters. The summed E-state index contributed by atoms with van der Waals surface area (Å²) in [5.74, 6) is 1.68. The van der Waals surface area contributed by atoms with Crippen LogP contribution in [-0.2, 0) is 0 Å². The molecule has 3 aromatic carbocycles.